The second kappa shape index (κ2) is 6.93. The minimum atomic E-state index is -0.867. The molecule has 0 fully saturated rings. The molecule has 0 aliphatic carbocycles. The van der Waals surface area contributed by atoms with Crippen molar-refractivity contribution in [3.63, 3.8) is 0 Å². The topological polar surface area (TPSA) is 96.5 Å². The van der Waals surface area contributed by atoms with Gasteiger partial charge in [0.2, 0.25) is 10.9 Å². The number of benzene rings is 2. The third-order valence-electron chi connectivity index (χ3n) is 5.04. The average molecular weight is 417 g/mol. The van der Waals surface area contributed by atoms with E-state index in [-0.39, 0.29) is 11.3 Å². The molecule has 5 rings (SSSR count). The summed E-state index contributed by atoms with van der Waals surface area (Å²) in [5, 5.41) is 21.6. The Morgan fingerprint density at radius 3 is 2.63 bits per heavy atom. The second-order valence-electron chi connectivity index (χ2n) is 6.82. The van der Waals surface area contributed by atoms with Crippen molar-refractivity contribution in [2.45, 2.75) is 13.0 Å². The van der Waals surface area contributed by atoms with Crippen molar-refractivity contribution in [2.75, 3.05) is 4.90 Å². The SMILES string of the molecule is Cc1nnc(N2C(=O)C(O)=C(C(=O)c3ccco3)[C@@H]2c2cccc3ccccc23)s1. The molecule has 7 nitrogen and oxygen atoms in total. The highest BCUT2D eigenvalue weighted by molar-refractivity contribution is 7.15. The molecule has 0 bridgehead atoms. The van der Waals surface area contributed by atoms with Crippen LogP contribution in [0.4, 0.5) is 5.13 Å². The van der Waals surface area contributed by atoms with Crippen molar-refractivity contribution >= 4 is 38.9 Å². The summed E-state index contributed by atoms with van der Waals surface area (Å²) in [4.78, 5) is 27.7. The van der Waals surface area contributed by atoms with Crippen molar-refractivity contribution in [3.05, 3.63) is 88.5 Å². The maximum Gasteiger partial charge on any atom is 0.296 e. The quantitative estimate of drug-likeness (QED) is 0.495. The summed E-state index contributed by atoms with van der Waals surface area (Å²) >= 11 is 1.22. The summed E-state index contributed by atoms with van der Waals surface area (Å²) in [5.41, 5.74) is 0.660. The summed E-state index contributed by atoms with van der Waals surface area (Å²) in [6.45, 7) is 1.77. The van der Waals surface area contributed by atoms with Crippen LogP contribution < -0.4 is 4.90 Å². The van der Waals surface area contributed by atoms with Crippen molar-refractivity contribution in [3.8, 4) is 0 Å². The zero-order valence-electron chi connectivity index (χ0n) is 15.8. The Morgan fingerprint density at radius 1 is 1.10 bits per heavy atom. The van der Waals surface area contributed by atoms with Crippen molar-refractivity contribution < 1.29 is 19.1 Å². The molecule has 0 spiro atoms. The van der Waals surface area contributed by atoms with E-state index in [0.717, 1.165) is 10.8 Å². The van der Waals surface area contributed by atoms with Crippen molar-refractivity contribution in [1.29, 1.82) is 0 Å². The lowest BCUT2D eigenvalue weighted by Crippen LogP contribution is -2.31. The van der Waals surface area contributed by atoms with Gasteiger partial charge >= 0.3 is 0 Å². The Balaban J connectivity index is 1.76. The maximum atomic E-state index is 13.2. The molecule has 4 aromatic rings. The van der Waals surface area contributed by atoms with E-state index in [1.807, 2.05) is 42.5 Å². The van der Waals surface area contributed by atoms with Gasteiger partial charge in [0, 0.05) is 0 Å². The summed E-state index contributed by atoms with van der Waals surface area (Å²) in [6, 6.07) is 15.5. The van der Waals surface area contributed by atoms with E-state index < -0.39 is 23.5 Å². The standard InChI is InChI=1S/C22H15N3O4S/c1-12-23-24-22(30-12)25-18(15-9-4-7-13-6-2-3-8-14(13)15)17(20(27)21(25)28)19(26)16-10-5-11-29-16/h2-11,18,27H,1H3/t18-/m0/s1. The van der Waals surface area contributed by atoms with Gasteiger partial charge in [-0.25, -0.2) is 0 Å². The van der Waals surface area contributed by atoms with E-state index in [0.29, 0.717) is 15.7 Å². The number of amides is 1. The summed E-state index contributed by atoms with van der Waals surface area (Å²) in [7, 11) is 0. The van der Waals surface area contributed by atoms with Gasteiger partial charge in [0.15, 0.2) is 11.5 Å². The van der Waals surface area contributed by atoms with E-state index in [1.165, 1.54) is 28.6 Å². The number of hydrogen-bond donors (Lipinski definition) is 1. The second-order valence-corrected chi connectivity index (χ2v) is 7.98. The summed E-state index contributed by atoms with van der Waals surface area (Å²) in [6.07, 6.45) is 1.38. The van der Waals surface area contributed by atoms with Gasteiger partial charge in [0.25, 0.3) is 5.91 Å². The molecule has 1 aliphatic heterocycles. The third kappa shape index (κ3) is 2.73. The van der Waals surface area contributed by atoms with Crippen LogP contribution in [0.1, 0.15) is 27.2 Å². The number of rotatable bonds is 4. The van der Waals surface area contributed by atoms with Crippen LogP contribution in [0.25, 0.3) is 10.8 Å². The van der Waals surface area contributed by atoms with Gasteiger partial charge in [-0.3, -0.25) is 14.5 Å². The van der Waals surface area contributed by atoms with Crippen molar-refractivity contribution in [2.24, 2.45) is 0 Å². The molecule has 0 unspecified atom stereocenters. The summed E-state index contributed by atoms with van der Waals surface area (Å²) < 4.78 is 5.26. The Morgan fingerprint density at radius 2 is 1.90 bits per heavy atom. The molecule has 1 amide bonds. The van der Waals surface area contributed by atoms with E-state index in [1.54, 1.807) is 13.0 Å². The van der Waals surface area contributed by atoms with Crippen LogP contribution in [-0.4, -0.2) is 27.0 Å². The Labute approximate surface area is 174 Å². The number of nitrogens with zero attached hydrogens (tertiary/aromatic N) is 3. The Kier molecular flexibility index (Phi) is 4.22. The molecule has 0 radical (unpaired) electrons. The highest BCUT2D eigenvalue weighted by Crippen LogP contribution is 2.44. The largest absolute Gasteiger partial charge is 0.503 e. The fourth-order valence-electron chi connectivity index (χ4n) is 3.74. The molecule has 1 aliphatic rings. The van der Waals surface area contributed by atoms with Crippen LogP contribution in [0.2, 0.25) is 0 Å². The van der Waals surface area contributed by atoms with Crippen molar-refractivity contribution in [1.82, 2.24) is 10.2 Å². The molecule has 30 heavy (non-hydrogen) atoms. The van der Waals surface area contributed by atoms with Crippen LogP contribution in [0, 0.1) is 6.92 Å². The van der Waals surface area contributed by atoms with Gasteiger partial charge in [0.1, 0.15) is 5.01 Å². The van der Waals surface area contributed by atoms with Gasteiger partial charge in [-0.2, -0.15) is 0 Å². The van der Waals surface area contributed by atoms with Crippen LogP contribution in [0.15, 0.2) is 76.6 Å². The molecular formula is C22H15N3O4S. The van der Waals surface area contributed by atoms with Crippen LogP contribution in [0.5, 0.6) is 0 Å². The average Bonchev–Trinajstić information content (AvgIpc) is 3.48. The first-order valence-electron chi connectivity index (χ1n) is 9.19. The van der Waals surface area contributed by atoms with E-state index in [9.17, 15) is 14.7 Å². The molecule has 2 aromatic carbocycles. The number of furan rings is 1. The molecule has 0 saturated carbocycles. The maximum absolute atomic E-state index is 13.2. The predicted molar refractivity (Wildman–Crippen MR) is 112 cm³/mol. The van der Waals surface area contributed by atoms with Gasteiger partial charge < -0.3 is 9.52 Å². The lowest BCUT2D eigenvalue weighted by molar-refractivity contribution is -0.117. The number of aryl methyl sites for hydroxylation is 1. The molecule has 1 N–H and O–H groups in total. The fourth-order valence-corrected chi connectivity index (χ4v) is 4.46. The molecule has 2 aromatic heterocycles. The lowest BCUT2D eigenvalue weighted by atomic mass is 9.91. The lowest BCUT2D eigenvalue weighted by Gasteiger charge is -2.25. The Bertz CT molecular complexity index is 1320. The first kappa shape index (κ1) is 18.3. The highest BCUT2D eigenvalue weighted by atomic mass is 32.1. The number of aliphatic hydroxyl groups is 1. The smallest absolute Gasteiger partial charge is 0.296 e. The van der Waals surface area contributed by atoms with Crippen LogP contribution in [-0.2, 0) is 4.79 Å². The highest BCUT2D eigenvalue weighted by Gasteiger charge is 2.47. The third-order valence-corrected chi connectivity index (χ3v) is 5.88. The van der Waals surface area contributed by atoms with Gasteiger partial charge in [-0.05, 0) is 35.4 Å². The van der Waals surface area contributed by atoms with Gasteiger partial charge in [-0.1, -0.05) is 53.8 Å². The van der Waals surface area contributed by atoms with E-state index in [4.69, 9.17) is 4.42 Å². The number of hydrogen-bond acceptors (Lipinski definition) is 7. The number of carbonyl (C=O) groups is 2. The number of aliphatic hydroxyl groups excluding tert-OH is 1. The summed E-state index contributed by atoms with van der Waals surface area (Å²) in [5.74, 6) is -1.81. The predicted octanol–water partition coefficient (Wildman–Crippen LogP) is 4.38. The Hall–Kier alpha value is -3.78. The van der Waals surface area contributed by atoms with Crippen LogP contribution in [0.3, 0.4) is 0 Å². The zero-order valence-corrected chi connectivity index (χ0v) is 16.6. The molecule has 8 heteroatoms. The van der Waals surface area contributed by atoms with Gasteiger partial charge in [0.05, 0.1) is 17.9 Å². The number of anilines is 1. The molecule has 0 saturated heterocycles. The first-order chi connectivity index (χ1) is 14.6. The first-order valence-corrected chi connectivity index (χ1v) is 10.0. The number of ketones is 1. The molecular weight excluding hydrogens is 402 g/mol. The number of Topliss-reactive ketones (excluding diaryl/α,β-unsaturated/α-hetero) is 1. The van der Waals surface area contributed by atoms with Crippen LogP contribution >= 0.6 is 11.3 Å². The fraction of sp³-hybridized carbons (Fsp3) is 0.0909. The number of fused-ring (bicyclic) bond motifs is 1. The zero-order chi connectivity index (χ0) is 20.8. The molecule has 148 valence electrons. The monoisotopic (exact) mass is 417 g/mol. The number of aromatic nitrogens is 2. The molecule has 1 atom stereocenters. The normalized spacial score (nSPS) is 16.6. The van der Waals surface area contributed by atoms with E-state index >= 15 is 0 Å². The minimum absolute atomic E-state index is 0.0424. The van der Waals surface area contributed by atoms with Gasteiger partial charge in [-0.15, -0.1) is 10.2 Å². The number of carbonyl (C=O) groups excluding carboxylic acids is 2. The minimum Gasteiger partial charge on any atom is -0.503 e. The molecule has 3 heterocycles. The van der Waals surface area contributed by atoms with E-state index in [2.05, 4.69) is 10.2 Å².